The number of piperidine rings is 1. The van der Waals surface area contributed by atoms with Gasteiger partial charge in [0.15, 0.2) is 0 Å². The van der Waals surface area contributed by atoms with Crippen LogP contribution in [0.2, 0.25) is 0 Å². The normalized spacial score (nSPS) is 21.6. The Labute approximate surface area is 260 Å². The van der Waals surface area contributed by atoms with Gasteiger partial charge < -0.3 is 30.1 Å². The number of hydrogen-bond donors (Lipinski definition) is 3. The fourth-order valence-corrected chi connectivity index (χ4v) is 6.95. The SMILES string of the molecule is CNC(=O)c1ccc(Oc2ccc(CN3CCC4(CC3)C(=O)N[C@H](CC3(O)CCCCC3)C(=O)N4CCCOC)cc2)cc1. The van der Waals surface area contributed by atoms with Crippen LogP contribution in [0.25, 0.3) is 0 Å². The van der Waals surface area contributed by atoms with E-state index >= 15 is 0 Å². The number of piperazine rings is 1. The summed E-state index contributed by atoms with van der Waals surface area (Å²) in [7, 11) is 3.24. The third-order valence-corrected chi connectivity index (χ3v) is 9.50. The van der Waals surface area contributed by atoms with Gasteiger partial charge in [0.25, 0.3) is 5.91 Å². The summed E-state index contributed by atoms with van der Waals surface area (Å²) in [5.41, 5.74) is -0.0665. The number of benzene rings is 2. The van der Waals surface area contributed by atoms with Gasteiger partial charge in [-0.3, -0.25) is 19.3 Å². The number of amides is 3. The summed E-state index contributed by atoms with van der Waals surface area (Å²) < 4.78 is 11.2. The van der Waals surface area contributed by atoms with Gasteiger partial charge in [0.1, 0.15) is 23.1 Å². The summed E-state index contributed by atoms with van der Waals surface area (Å²) in [6, 6.07) is 14.2. The summed E-state index contributed by atoms with van der Waals surface area (Å²) in [5, 5.41) is 16.8. The Balaban J connectivity index is 1.19. The number of ether oxygens (including phenoxy) is 2. The third kappa shape index (κ3) is 7.25. The zero-order valence-corrected chi connectivity index (χ0v) is 26.0. The highest BCUT2D eigenvalue weighted by molar-refractivity contribution is 6.00. The topological polar surface area (TPSA) is 120 Å². The van der Waals surface area contributed by atoms with Crippen LogP contribution in [0.4, 0.5) is 0 Å². The summed E-state index contributed by atoms with van der Waals surface area (Å²) in [6.07, 6.45) is 6.41. The molecule has 5 rings (SSSR count). The zero-order valence-electron chi connectivity index (χ0n) is 26.0. The maximum Gasteiger partial charge on any atom is 0.251 e. The number of carbonyl (C=O) groups is 3. The Morgan fingerprint density at radius 3 is 2.23 bits per heavy atom. The van der Waals surface area contributed by atoms with Crippen LogP contribution in [-0.4, -0.2) is 90.2 Å². The van der Waals surface area contributed by atoms with Gasteiger partial charge in [0.2, 0.25) is 11.8 Å². The van der Waals surface area contributed by atoms with Gasteiger partial charge in [0.05, 0.1) is 5.60 Å². The van der Waals surface area contributed by atoms with Crippen LogP contribution in [0.5, 0.6) is 11.5 Å². The van der Waals surface area contributed by atoms with Crippen LogP contribution in [0.1, 0.15) is 73.7 Å². The van der Waals surface area contributed by atoms with Gasteiger partial charge in [-0.1, -0.05) is 31.4 Å². The number of nitrogens with one attached hydrogen (secondary N) is 2. The molecule has 2 aromatic carbocycles. The fourth-order valence-electron chi connectivity index (χ4n) is 6.95. The second kappa shape index (κ2) is 14.1. The molecule has 238 valence electrons. The Hall–Kier alpha value is -3.47. The molecule has 0 radical (unpaired) electrons. The predicted octanol–water partition coefficient (Wildman–Crippen LogP) is 3.62. The molecule has 2 aromatic rings. The first-order valence-corrected chi connectivity index (χ1v) is 15.9. The molecule has 3 amide bonds. The first-order chi connectivity index (χ1) is 21.2. The molecular weight excluding hydrogens is 560 g/mol. The van der Waals surface area contributed by atoms with Crippen LogP contribution in [0.3, 0.4) is 0 Å². The highest BCUT2D eigenvalue weighted by atomic mass is 16.5. The highest BCUT2D eigenvalue weighted by Crippen LogP contribution is 2.37. The molecular formula is C34H46N4O6. The molecule has 0 aromatic heterocycles. The molecule has 2 saturated heterocycles. The molecule has 0 unspecified atom stereocenters. The lowest BCUT2D eigenvalue weighted by Crippen LogP contribution is -2.73. The van der Waals surface area contributed by atoms with E-state index in [1.54, 1.807) is 38.4 Å². The molecule has 10 nitrogen and oxygen atoms in total. The molecule has 2 aliphatic heterocycles. The lowest BCUT2D eigenvalue weighted by molar-refractivity contribution is -0.163. The minimum Gasteiger partial charge on any atom is -0.457 e. The average molecular weight is 607 g/mol. The molecule has 10 heteroatoms. The van der Waals surface area contributed by atoms with E-state index < -0.39 is 17.2 Å². The highest BCUT2D eigenvalue weighted by Gasteiger charge is 2.54. The number of nitrogens with zero attached hydrogens (tertiary/aromatic N) is 2. The molecule has 2 heterocycles. The van der Waals surface area contributed by atoms with Crippen molar-refractivity contribution in [2.75, 3.05) is 40.4 Å². The van der Waals surface area contributed by atoms with Gasteiger partial charge in [-0.15, -0.1) is 0 Å². The van der Waals surface area contributed by atoms with Crippen molar-refractivity contribution in [3.8, 4) is 11.5 Å². The van der Waals surface area contributed by atoms with Gasteiger partial charge in [-0.25, -0.2) is 0 Å². The number of methoxy groups -OCH3 is 1. The van der Waals surface area contributed by atoms with E-state index in [-0.39, 0.29) is 24.1 Å². The van der Waals surface area contributed by atoms with Gasteiger partial charge in [-0.2, -0.15) is 0 Å². The van der Waals surface area contributed by atoms with Gasteiger partial charge >= 0.3 is 0 Å². The molecule has 3 fully saturated rings. The number of hydrogen-bond acceptors (Lipinski definition) is 7. The fraction of sp³-hybridized carbons (Fsp3) is 0.559. The average Bonchev–Trinajstić information content (AvgIpc) is 3.03. The smallest absolute Gasteiger partial charge is 0.251 e. The van der Waals surface area contributed by atoms with Crippen molar-refractivity contribution in [3.63, 3.8) is 0 Å². The van der Waals surface area contributed by atoms with Crippen LogP contribution < -0.4 is 15.4 Å². The van der Waals surface area contributed by atoms with Crippen LogP contribution >= 0.6 is 0 Å². The quantitative estimate of drug-likeness (QED) is 0.334. The van der Waals surface area contributed by atoms with E-state index in [1.807, 2.05) is 29.2 Å². The second-order valence-electron chi connectivity index (χ2n) is 12.5. The van der Waals surface area contributed by atoms with E-state index in [1.165, 1.54) is 0 Å². The maximum absolute atomic E-state index is 13.9. The van der Waals surface area contributed by atoms with E-state index in [4.69, 9.17) is 9.47 Å². The number of rotatable bonds is 11. The predicted molar refractivity (Wildman–Crippen MR) is 166 cm³/mol. The number of carbonyl (C=O) groups excluding carboxylic acids is 3. The first kappa shape index (κ1) is 31.9. The molecule has 1 saturated carbocycles. The summed E-state index contributed by atoms with van der Waals surface area (Å²) in [5.74, 6) is 1.04. The van der Waals surface area contributed by atoms with Crippen LogP contribution in [-0.2, 0) is 20.9 Å². The minimum atomic E-state index is -0.893. The lowest BCUT2D eigenvalue weighted by Gasteiger charge is -2.52. The van der Waals surface area contributed by atoms with Crippen LogP contribution in [0.15, 0.2) is 48.5 Å². The Kier molecular flexibility index (Phi) is 10.2. The Morgan fingerprint density at radius 2 is 1.61 bits per heavy atom. The zero-order chi connectivity index (χ0) is 31.2. The van der Waals surface area contributed by atoms with Crippen molar-refractivity contribution in [1.29, 1.82) is 0 Å². The molecule has 1 spiro atoms. The molecule has 3 N–H and O–H groups in total. The van der Waals surface area contributed by atoms with Crippen molar-refractivity contribution in [1.82, 2.24) is 20.4 Å². The lowest BCUT2D eigenvalue weighted by atomic mass is 9.77. The first-order valence-electron chi connectivity index (χ1n) is 15.9. The second-order valence-corrected chi connectivity index (χ2v) is 12.5. The molecule has 3 aliphatic rings. The monoisotopic (exact) mass is 606 g/mol. The maximum atomic E-state index is 13.9. The number of likely N-dealkylation sites (tertiary alicyclic amines) is 1. The van der Waals surface area contributed by atoms with Crippen molar-refractivity contribution < 1.29 is 29.0 Å². The van der Waals surface area contributed by atoms with Crippen molar-refractivity contribution in [3.05, 3.63) is 59.7 Å². The van der Waals surface area contributed by atoms with E-state index in [0.717, 1.165) is 31.4 Å². The van der Waals surface area contributed by atoms with Gasteiger partial charge in [0, 0.05) is 58.9 Å². The Bertz CT molecular complexity index is 1280. The molecule has 0 bridgehead atoms. The summed E-state index contributed by atoms with van der Waals surface area (Å²) >= 11 is 0. The Morgan fingerprint density at radius 1 is 0.977 bits per heavy atom. The van der Waals surface area contributed by atoms with E-state index in [2.05, 4.69) is 15.5 Å². The van der Waals surface area contributed by atoms with Crippen molar-refractivity contribution >= 4 is 17.7 Å². The minimum absolute atomic E-state index is 0.0768. The summed E-state index contributed by atoms with van der Waals surface area (Å²) in [6.45, 7) is 3.08. The third-order valence-electron chi connectivity index (χ3n) is 9.50. The van der Waals surface area contributed by atoms with E-state index in [0.29, 0.717) is 75.4 Å². The van der Waals surface area contributed by atoms with Crippen molar-refractivity contribution in [2.24, 2.45) is 0 Å². The van der Waals surface area contributed by atoms with E-state index in [9.17, 15) is 19.5 Å². The standard InChI is InChI=1S/C34H46N4O6/c1-35-30(39)26-9-13-28(14-10-26)44-27-11-7-25(8-12-27)24-37-20-17-34(18-21-37)32(41)36-29(23-33(42)15-4-3-5-16-33)31(40)38(34)19-6-22-43-2/h7-14,29,42H,3-6,15-24H2,1-2H3,(H,35,39)(H,36,41)/t29-/m1/s1. The number of aliphatic hydroxyl groups is 1. The van der Waals surface area contributed by atoms with Gasteiger partial charge in [-0.05, 0) is 74.1 Å². The van der Waals surface area contributed by atoms with Crippen molar-refractivity contribution in [2.45, 2.75) is 81.5 Å². The van der Waals surface area contributed by atoms with Crippen LogP contribution in [0, 0.1) is 0 Å². The molecule has 1 atom stereocenters. The molecule has 1 aliphatic carbocycles. The molecule has 44 heavy (non-hydrogen) atoms. The largest absolute Gasteiger partial charge is 0.457 e. The summed E-state index contributed by atoms with van der Waals surface area (Å²) in [4.78, 5) is 43.5.